The molecule has 8 heteroatoms. The molecule has 1 amide bonds. The molecule has 2 aromatic heterocycles. The second-order valence-corrected chi connectivity index (χ2v) is 11.2. The highest BCUT2D eigenvalue weighted by Crippen LogP contribution is 2.33. The molecule has 2 N–H and O–H groups in total. The smallest absolute Gasteiger partial charge is 0.407 e. The lowest BCUT2D eigenvalue weighted by Gasteiger charge is -2.30. The van der Waals surface area contributed by atoms with E-state index >= 15 is 4.39 Å². The summed E-state index contributed by atoms with van der Waals surface area (Å²) < 4.78 is 20.4. The Morgan fingerprint density at radius 2 is 1.66 bits per heavy atom. The molecule has 1 fully saturated rings. The van der Waals surface area contributed by atoms with E-state index < -0.39 is 5.60 Å². The van der Waals surface area contributed by atoms with Gasteiger partial charge in [-0.1, -0.05) is 12.1 Å². The highest BCUT2D eigenvalue weighted by molar-refractivity contribution is 5.97. The number of aromatic nitrogens is 3. The van der Waals surface area contributed by atoms with Crippen LogP contribution in [-0.4, -0.2) is 38.7 Å². The number of amides is 1. The predicted octanol–water partition coefficient (Wildman–Crippen LogP) is 6.85. The zero-order valence-corrected chi connectivity index (χ0v) is 22.6. The third-order valence-corrected chi connectivity index (χ3v) is 6.91. The largest absolute Gasteiger partial charge is 0.444 e. The molecule has 0 spiro atoms. The van der Waals surface area contributed by atoms with Crippen molar-refractivity contribution in [3.05, 3.63) is 59.7 Å². The maximum absolute atomic E-state index is 15.0. The van der Waals surface area contributed by atoms with Crippen LogP contribution < -0.4 is 10.6 Å². The molecule has 1 saturated carbocycles. The third-order valence-electron chi connectivity index (χ3n) is 6.91. The molecule has 1 aliphatic rings. The standard InChI is InChI=1S/C30H34FN5O2/c1-17-6-7-19-8-14-24(31)26(27(19)32-17)20-9-15-25-23(16-20)18(2)33-28(36-25)34-21-10-12-22(13-11-21)35-29(37)38-30(3,4)5/h6-9,14-16,21-22H,10-13H2,1-5H3,(H,35,37)(H,33,34,36)/t21-,22+. The van der Waals surface area contributed by atoms with Gasteiger partial charge in [0.2, 0.25) is 5.95 Å². The molecule has 0 bridgehead atoms. The topological polar surface area (TPSA) is 89.0 Å². The lowest BCUT2D eigenvalue weighted by molar-refractivity contribution is 0.0492. The molecule has 0 saturated heterocycles. The summed E-state index contributed by atoms with van der Waals surface area (Å²) in [5, 5.41) is 8.23. The fourth-order valence-electron chi connectivity index (χ4n) is 5.08. The molecule has 1 aliphatic carbocycles. The minimum absolute atomic E-state index is 0.105. The fourth-order valence-corrected chi connectivity index (χ4v) is 5.08. The molecule has 4 aromatic rings. The molecule has 198 valence electrons. The normalized spacial score (nSPS) is 17.9. The maximum Gasteiger partial charge on any atom is 0.407 e. The number of alkyl carbamates (subject to hydrolysis) is 1. The molecule has 2 heterocycles. The van der Waals surface area contributed by atoms with Crippen molar-refractivity contribution in [3.63, 3.8) is 0 Å². The van der Waals surface area contributed by atoms with Gasteiger partial charge in [-0.2, -0.15) is 0 Å². The van der Waals surface area contributed by atoms with Gasteiger partial charge in [0.1, 0.15) is 11.4 Å². The number of fused-ring (bicyclic) bond motifs is 2. The Bertz CT molecular complexity index is 1500. The predicted molar refractivity (Wildman–Crippen MR) is 149 cm³/mol. The van der Waals surface area contributed by atoms with Crippen molar-refractivity contribution in [1.29, 1.82) is 0 Å². The molecule has 38 heavy (non-hydrogen) atoms. The van der Waals surface area contributed by atoms with E-state index in [-0.39, 0.29) is 24.0 Å². The molecule has 0 aliphatic heterocycles. The first-order valence-corrected chi connectivity index (χ1v) is 13.2. The second kappa shape index (κ2) is 10.2. The number of nitrogens with zero attached hydrogens (tertiary/aromatic N) is 3. The Balaban J connectivity index is 1.31. The minimum Gasteiger partial charge on any atom is -0.444 e. The molecule has 0 atom stereocenters. The number of benzene rings is 2. The van der Waals surface area contributed by atoms with Crippen molar-refractivity contribution in [2.24, 2.45) is 0 Å². The number of anilines is 1. The third kappa shape index (κ3) is 5.69. The van der Waals surface area contributed by atoms with Crippen LogP contribution in [0.15, 0.2) is 42.5 Å². The van der Waals surface area contributed by atoms with Gasteiger partial charge in [-0.05, 0) is 96.2 Å². The van der Waals surface area contributed by atoms with Gasteiger partial charge in [0.25, 0.3) is 0 Å². The van der Waals surface area contributed by atoms with Crippen molar-refractivity contribution < 1.29 is 13.9 Å². The molecular formula is C30H34FN5O2. The van der Waals surface area contributed by atoms with Crippen LogP contribution in [0, 0.1) is 19.7 Å². The van der Waals surface area contributed by atoms with E-state index in [1.165, 1.54) is 6.07 Å². The Morgan fingerprint density at radius 1 is 0.947 bits per heavy atom. The highest BCUT2D eigenvalue weighted by atomic mass is 19.1. The van der Waals surface area contributed by atoms with Gasteiger partial charge in [-0.3, -0.25) is 4.98 Å². The summed E-state index contributed by atoms with van der Waals surface area (Å²) >= 11 is 0. The van der Waals surface area contributed by atoms with E-state index in [1.807, 2.05) is 65.0 Å². The molecule has 2 aromatic carbocycles. The van der Waals surface area contributed by atoms with Crippen LogP contribution in [0.3, 0.4) is 0 Å². The lowest BCUT2D eigenvalue weighted by Crippen LogP contribution is -2.42. The van der Waals surface area contributed by atoms with E-state index in [1.54, 1.807) is 6.07 Å². The van der Waals surface area contributed by atoms with Crippen LogP contribution >= 0.6 is 0 Å². The number of nitrogens with one attached hydrogen (secondary N) is 2. The van der Waals surface area contributed by atoms with Crippen LogP contribution in [0.2, 0.25) is 0 Å². The maximum atomic E-state index is 15.0. The highest BCUT2D eigenvalue weighted by Gasteiger charge is 2.25. The SMILES string of the molecule is Cc1ccc2ccc(F)c(-c3ccc4nc(N[C@H]5CC[C@@H](NC(=O)OC(C)(C)C)CC5)nc(C)c4c3)c2n1. The van der Waals surface area contributed by atoms with Crippen molar-refractivity contribution in [2.75, 3.05) is 5.32 Å². The summed E-state index contributed by atoms with van der Waals surface area (Å²) in [6.07, 6.45) is 3.14. The number of pyridine rings is 1. The van der Waals surface area contributed by atoms with Gasteiger partial charge in [0, 0.05) is 34.1 Å². The van der Waals surface area contributed by atoms with E-state index in [0.29, 0.717) is 17.0 Å². The monoisotopic (exact) mass is 515 g/mol. The number of carbonyl (C=O) groups is 1. The molecular weight excluding hydrogens is 481 g/mol. The molecule has 0 unspecified atom stereocenters. The summed E-state index contributed by atoms with van der Waals surface area (Å²) in [6.45, 7) is 9.44. The van der Waals surface area contributed by atoms with Crippen LogP contribution in [0.4, 0.5) is 15.1 Å². The van der Waals surface area contributed by atoms with Crippen LogP contribution in [0.25, 0.3) is 32.9 Å². The lowest BCUT2D eigenvalue weighted by atomic mass is 9.91. The Labute approximate surface area is 222 Å². The van der Waals surface area contributed by atoms with Crippen LogP contribution in [0.5, 0.6) is 0 Å². The number of hydrogen-bond acceptors (Lipinski definition) is 6. The van der Waals surface area contributed by atoms with Gasteiger partial charge >= 0.3 is 6.09 Å². The molecule has 7 nitrogen and oxygen atoms in total. The average Bonchev–Trinajstić information content (AvgIpc) is 2.84. The number of halogens is 1. The van der Waals surface area contributed by atoms with Gasteiger partial charge in [0.05, 0.1) is 16.7 Å². The zero-order chi connectivity index (χ0) is 27.0. The summed E-state index contributed by atoms with van der Waals surface area (Å²) in [4.78, 5) is 26.2. The summed E-state index contributed by atoms with van der Waals surface area (Å²) in [7, 11) is 0. The average molecular weight is 516 g/mol. The Hall–Kier alpha value is -3.81. The van der Waals surface area contributed by atoms with E-state index in [9.17, 15) is 4.79 Å². The number of aryl methyl sites for hydroxylation is 2. The first kappa shape index (κ1) is 25.8. The van der Waals surface area contributed by atoms with E-state index in [0.717, 1.165) is 58.9 Å². The van der Waals surface area contributed by atoms with E-state index in [4.69, 9.17) is 14.7 Å². The van der Waals surface area contributed by atoms with Crippen molar-refractivity contribution in [3.8, 4) is 11.1 Å². The first-order chi connectivity index (χ1) is 18.1. The van der Waals surface area contributed by atoms with Crippen molar-refractivity contribution >= 4 is 33.8 Å². The zero-order valence-electron chi connectivity index (χ0n) is 22.6. The van der Waals surface area contributed by atoms with Gasteiger partial charge in [0.15, 0.2) is 0 Å². The van der Waals surface area contributed by atoms with E-state index in [2.05, 4.69) is 15.6 Å². The number of carbonyl (C=O) groups excluding carboxylic acids is 1. The minimum atomic E-state index is -0.506. The van der Waals surface area contributed by atoms with Gasteiger partial charge < -0.3 is 15.4 Å². The van der Waals surface area contributed by atoms with Gasteiger partial charge in [-0.25, -0.2) is 19.2 Å². The number of ether oxygens (including phenoxy) is 1. The van der Waals surface area contributed by atoms with Crippen molar-refractivity contribution in [1.82, 2.24) is 20.3 Å². The quantitative estimate of drug-likeness (QED) is 0.309. The fraction of sp³-hybridized carbons (Fsp3) is 0.400. The number of rotatable bonds is 4. The first-order valence-electron chi connectivity index (χ1n) is 13.2. The summed E-state index contributed by atoms with van der Waals surface area (Å²) in [5.41, 5.74) is 3.85. The van der Waals surface area contributed by atoms with Crippen molar-refractivity contribution in [2.45, 2.75) is 78.0 Å². The number of hydrogen-bond donors (Lipinski definition) is 2. The Morgan fingerprint density at radius 3 is 2.39 bits per heavy atom. The molecule has 0 radical (unpaired) electrons. The van der Waals surface area contributed by atoms with Gasteiger partial charge in [-0.15, -0.1) is 0 Å². The Kier molecular flexibility index (Phi) is 6.90. The van der Waals surface area contributed by atoms with Crippen LogP contribution in [-0.2, 0) is 4.74 Å². The summed E-state index contributed by atoms with van der Waals surface area (Å²) in [6, 6.07) is 13.2. The second-order valence-electron chi connectivity index (χ2n) is 11.2. The molecule has 5 rings (SSSR count). The summed E-state index contributed by atoms with van der Waals surface area (Å²) in [5.74, 6) is 0.281. The van der Waals surface area contributed by atoms with Crippen LogP contribution in [0.1, 0.15) is 57.8 Å².